The van der Waals surface area contributed by atoms with E-state index in [2.05, 4.69) is 77.1 Å². The molecule has 0 saturated carbocycles. The van der Waals surface area contributed by atoms with Crippen LogP contribution in [-0.2, 0) is 5.75 Å². The average Bonchev–Trinajstić information content (AvgIpc) is 3.24. The van der Waals surface area contributed by atoms with Crippen LogP contribution in [0, 0.1) is 20.8 Å². The van der Waals surface area contributed by atoms with Gasteiger partial charge in [0.15, 0.2) is 11.0 Å². The number of hydrogen-bond donors (Lipinski definition) is 2. The first kappa shape index (κ1) is 23.6. The molecule has 0 aliphatic heterocycles. The maximum atomic E-state index is 12.7. The van der Waals surface area contributed by atoms with Crippen LogP contribution in [0.5, 0.6) is 0 Å². The highest BCUT2D eigenvalue weighted by Gasteiger charge is 2.21. The summed E-state index contributed by atoms with van der Waals surface area (Å²) in [5.41, 5.74) is 6.43. The standard InChI is InChI=1S/C27H29N5OS/c1-18-13-15-23(16-14-18)32-25(21(4)28-26(33)29-24-12-8-6-10-20(24)3)30-31-27(32)34-17-22-11-7-5-9-19(22)2/h5-16,21H,17H2,1-4H3,(H2,28,29,33). The van der Waals surface area contributed by atoms with E-state index in [1.165, 1.54) is 16.7 Å². The van der Waals surface area contributed by atoms with Crippen LogP contribution < -0.4 is 10.6 Å². The Hall–Kier alpha value is -3.58. The van der Waals surface area contributed by atoms with Crippen LogP contribution in [0.25, 0.3) is 5.69 Å². The zero-order chi connectivity index (χ0) is 24.1. The summed E-state index contributed by atoms with van der Waals surface area (Å²) in [6.45, 7) is 8.06. The van der Waals surface area contributed by atoms with E-state index < -0.39 is 0 Å². The van der Waals surface area contributed by atoms with Crippen molar-refractivity contribution in [2.75, 3.05) is 5.32 Å². The Morgan fingerprint density at radius 3 is 2.29 bits per heavy atom. The van der Waals surface area contributed by atoms with Gasteiger partial charge in [0.2, 0.25) is 0 Å². The lowest BCUT2D eigenvalue weighted by Gasteiger charge is -2.17. The van der Waals surface area contributed by atoms with Crippen LogP contribution in [-0.4, -0.2) is 20.8 Å². The molecule has 4 aromatic rings. The Morgan fingerprint density at radius 2 is 1.59 bits per heavy atom. The van der Waals surface area contributed by atoms with Crippen LogP contribution in [0.2, 0.25) is 0 Å². The van der Waals surface area contributed by atoms with Gasteiger partial charge in [-0.25, -0.2) is 4.79 Å². The minimum Gasteiger partial charge on any atom is -0.328 e. The topological polar surface area (TPSA) is 71.8 Å². The fourth-order valence-electron chi connectivity index (χ4n) is 3.64. The van der Waals surface area contributed by atoms with Crippen molar-refractivity contribution in [2.45, 2.75) is 44.6 Å². The van der Waals surface area contributed by atoms with Crippen molar-refractivity contribution in [1.82, 2.24) is 20.1 Å². The lowest BCUT2D eigenvalue weighted by molar-refractivity contribution is 0.248. The molecule has 0 bridgehead atoms. The molecule has 0 spiro atoms. The van der Waals surface area contributed by atoms with Gasteiger partial charge in [0.05, 0.1) is 6.04 Å². The Labute approximate surface area is 204 Å². The zero-order valence-corrected chi connectivity index (χ0v) is 20.7. The van der Waals surface area contributed by atoms with E-state index in [0.717, 1.165) is 27.8 Å². The van der Waals surface area contributed by atoms with Gasteiger partial charge >= 0.3 is 6.03 Å². The second-order valence-electron chi connectivity index (χ2n) is 8.36. The van der Waals surface area contributed by atoms with E-state index in [0.29, 0.717) is 5.82 Å². The number of para-hydroxylation sites is 1. The normalized spacial score (nSPS) is 11.8. The van der Waals surface area contributed by atoms with Gasteiger partial charge in [0.1, 0.15) is 0 Å². The molecule has 3 aromatic carbocycles. The van der Waals surface area contributed by atoms with Crippen LogP contribution in [0.1, 0.15) is 41.0 Å². The minimum atomic E-state index is -0.356. The number of amides is 2. The maximum absolute atomic E-state index is 12.7. The molecule has 4 rings (SSSR count). The predicted octanol–water partition coefficient (Wildman–Crippen LogP) is 6.37. The molecule has 0 radical (unpaired) electrons. The van der Waals surface area contributed by atoms with Gasteiger partial charge in [-0.05, 0) is 62.6 Å². The number of aryl methyl sites for hydroxylation is 3. The number of nitrogens with one attached hydrogen (secondary N) is 2. The number of nitrogens with zero attached hydrogens (tertiary/aromatic N) is 3. The molecular weight excluding hydrogens is 442 g/mol. The van der Waals surface area contributed by atoms with Crippen LogP contribution in [0.15, 0.2) is 78.0 Å². The van der Waals surface area contributed by atoms with Gasteiger partial charge in [-0.2, -0.15) is 0 Å². The second-order valence-corrected chi connectivity index (χ2v) is 9.30. The summed E-state index contributed by atoms with van der Waals surface area (Å²) in [5, 5.41) is 15.7. The fourth-order valence-corrected chi connectivity index (χ4v) is 4.67. The van der Waals surface area contributed by atoms with E-state index in [1.54, 1.807) is 11.8 Å². The van der Waals surface area contributed by atoms with Crippen LogP contribution in [0.3, 0.4) is 0 Å². The third kappa shape index (κ3) is 5.48. The van der Waals surface area contributed by atoms with Gasteiger partial charge in [0.25, 0.3) is 0 Å². The smallest absolute Gasteiger partial charge is 0.319 e. The van der Waals surface area contributed by atoms with Crippen LogP contribution in [0.4, 0.5) is 10.5 Å². The van der Waals surface area contributed by atoms with Crippen molar-refractivity contribution < 1.29 is 4.79 Å². The number of anilines is 1. The Kier molecular flexibility index (Phi) is 7.33. The van der Waals surface area contributed by atoms with Crippen molar-refractivity contribution >= 4 is 23.5 Å². The van der Waals surface area contributed by atoms with E-state index in [9.17, 15) is 4.79 Å². The number of rotatable bonds is 7. The van der Waals surface area contributed by atoms with E-state index >= 15 is 0 Å². The number of hydrogen-bond acceptors (Lipinski definition) is 4. The molecule has 174 valence electrons. The summed E-state index contributed by atoms with van der Waals surface area (Å²) in [7, 11) is 0. The molecule has 2 N–H and O–H groups in total. The summed E-state index contributed by atoms with van der Waals surface area (Å²) < 4.78 is 2.03. The van der Waals surface area contributed by atoms with Gasteiger partial charge in [-0.1, -0.05) is 71.9 Å². The third-order valence-corrected chi connectivity index (χ3v) is 6.67. The first-order valence-electron chi connectivity index (χ1n) is 11.2. The van der Waals surface area contributed by atoms with Crippen molar-refractivity contribution in [3.05, 3.63) is 101 Å². The van der Waals surface area contributed by atoms with Gasteiger partial charge < -0.3 is 10.6 Å². The molecule has 1 atom stereocenters. The van der Waals surface area contributed by atoms with Crippen molar-refractivity contribution in [3.8, 4) is 5.69 Å². The highest BCUT2D eigenvalue weighted by Crippen LogP contribution is 2.28. The molecule has 7 heteroatoms. The number of aromatic nitrogens is 3. The Bertz CT molecular complexity index is 1280. The molecule has 2 amide bonds. The predicted molar refractivity (Wildman–Crippen MR) is 139 cm³/mol. The first-order valence-corrected chi connectivity index (χ1v) is 12.2. The van der Waals surface area contributed by atoms with Crippen molar-refractivity contribution in [2.24, 2.45) is 0 Å². The van der Waals surface area contributed by atoms with E-state index in [1.807, 2.05) is 48.7 Å². The van der Waals surface area contributed by atoms with Gasteiger partial charge in [-0.15, -0.1) is 10.2 Å². The molecule has 6 nitrogen and oxygen atoms in total. The minimum absolute atomic E-state index is 0.283. The SMILES string of the molecule is Cc1ccc(-n2c(SCc3ccccc3C)nnc2C(C)NC(=O)Nc2ccccc2C)cc1. The van der Waals surface area contributed by atoms with E-state index in [4.69, 9.17) is 0 Å². The molecule has 1 heterocycles. The monoisotopic (exact) mass is 471 g/mol. The van der Waals surface area contributed by atoms with Gasteiger partial charge in [-0.3, -0.25) is 4.57 Å². The lowest BCUT2D eigenvalue weighted by Crippen LogP contribution is -2.32. The summed E-state index contributed by atoms with van der Waals surface area (Å²) in [5.74, 6) is 1.46. The molecule has 0 aliphatic carbocycles. The van der Waals surface area contributed by atoms with Crippen LogP contribution >= 0.6 is 11.8 Å². The summed E-state index contributed by atoms with van der Waals surface area (Å²) in [6, 6.07) is 23.7. The number of carbonyl (C=O) groups is 1. The highest BCUT2D eigenvalue weighted by atomic mass is 32.2. The maximum Gasteiger partial charge on any atom is 0.319 e. The number of urea groups is 1. The summed E-state index contributed by atoms with van der Waals surface area (Å²) in [6.07, 6.45) is 0. The largest absolute Gasteiger partial charge is 0.328 e. The average molecular weight is 472 g/mol. The third-order valence-electron chi connectivity index (χ3n) is 5.70. The lowest BCUT2D eigenvalue weighted by atomic mass is 10.1. The number of benzene rings is 3. The van der Waals surface area contributed by atoms with Crippen molar-refractivity contribution in [1.29, 1.82) is 0 Å². The molecule has 0 saturated heterocycles. The Balaban J connectivity index is 1.58. The zero-order valence-electron chi connectivity index (χ0n) is 19.9. The van der Waals surface area contributed by atoms with Crippen molar-refractivity contribution in [3.63, 3.8) is 0 Å². The fraction of sp³-hybridized carbons (Fsp3) is 0.222. The number of carbonyl (C=O) groups excluding carboxylic acids is 1. The molecular formula is C27H29N5OS. The van der Waals surface area contributed by atoms with E-state index in [-0.39, 0.29) is 12.1 Å². The summed E-state index contributed by atoms with van der Waals surface area (Å²) >= 11 is 1.64. The Morgan fingerprint density at radius 1 is 0.912 bits per heavy atom. The number of thioether (sulfide) groups is 1. The first-order chi connectivity index (χ1) is 16.4. The second kappa shape index (κ2) is 10.6. The molecule has 0 aliphatic rings. The molecule has 0 fully saturated rings. The quantitative estimate of drug-likeness (QED) is 0.307. The molecule has 34 heavy (non-hydrogen) atoms. The summed E-state index contributed by atoms with van der Waals surface area (Å²) in [4.78, 5) is 12.7. The molecule has 1 unspecified atom stereocenters. The van der Waals surface area contributed by atoms with Gasteiger partial charge in [0, 0.05) is 17.1 Å². The highest BCUT2D eigenvalue weighted by molar-refractivity contribution is 7.98. The molecule has 1 aromatic heterocycles.